The lowest BCUT2D eigenvalue weighted by molar-refractivity contribution is 0.0442. The minimum absolute atomic E-state index is 0.0566. The van der Waals surface area contributed by atoms with Crippen LogP contribution in [0.2, 0.25) is 0 Å². The second kappa shape index (κ2) is 4.00. The number of carbonyl (C=O) groups is 1. The molecular weight excluding hydrogens is 194 g/mol. The lowest BCUT2D eigenvalue weighted by atomic mass is 9.77. The zero-order valence-corrected chi connectivity index (χ0v) is 9.90. The predicted molar refractivity (Wildman–Crippen MR) is 57.8 cm³/mol. The Kier molecular flexibility index (Phi) is 3.28. The van der Waals surface area contributed by atoms with Crippen molar-refractivity contribution in [2.24, 2.45) is 11.3 Å². The average molecular weight is 215 g/mol. The number of likely N-dealkylation sites (tertiary alicyclic amines) is 1. The quantitative estimate of drug-likeness (QED) is 0.701. The summed E-state index contributed by atoms with van der Waals surface area (Å²) in [4.78, 5) is 12.5. The molecular formula is C11H21NO3. The van der Waals surface area contributed by atoms with E-state index in [2.05, 4.69) is 0 Å². The molecule has 0 aromatic heterocycles. The van der Waals surface area contributed by atoms with Crippen LogP contribution in [0.5, 0.6) is 0 Å². The van der Waals surface area contributed by atoms with Crippen LogP contribution in [0, 0.1) is 11.3 Å². The minimum Gasteiger partial charge on any atom is -0.465 e. The predicted octanol–water partition coefficient (Wildman–Crippen LogP) is 1.78. The van der Waals surface area contributed by atoms with Gasteiger partial charge < -0.3 is 15.1 Å². The van der Waals surface area contributed by atoms with Crippen molar-refractivity contribution in [3.05, 3.63) is 0 Å². The fourth-order valence-corrected chi connectivity index (χ4v) is 2.65. The molecule has 2 N–H and O–H groups in total. The van der Waals surface area contributed by atoms with Crippen molar-refractivity contribution in [2.45, 2.75) is 46.3 Å². The monoisotopic (exact) mass is 215 g/mol. The summed E-state index contributed by atoms with van der Waals surface area (Å²) in [5.41, 5.74) is -0.128. The molecule has 4 nitrogen and oxygen atoms in total. The maximum Gasteiger partial charge on any atom is 0.407 e. The second-order valence-corrected chi connectivity index (χ2v) is 5.48. The first-order valence-electron chi connectivity index (χ1n) is 5.42. The molecule has 4 heteroatoms. The smallest absolute Gasteiger partial charge is 0.407 e. The molecule has 0 aromatic carbocycles. The van der Waals surface area contributed by atoms with E-state index < -0.39 is 12.2 Å². The van der Waals surface area contributed by atoms with Crippen molar-refractivity contribution < 1.29 is 15.0 Å². The minimum atomic E-state index is -0.877. The van der Waals surface area contributed by atoms with Crippen molar-refractivity contribution in [1.82, 2.24) is 4.90 Å². The van der Waals surface area contributed by atoms with Crippen LogP contribution >= 0.6 is 0 Å². The first-order valence-corrected chi connectivity index (χ1v) is 5.42. The highest BCUT2D eigenvalue weighted by molar-refractivity contribution is 5.66. The molecule has 1 aliphatic rings. The van der Waals surface area contributed by atoms with Crippen LogP contribution in [-0.4, -0.2) is 39.9 Å². The summed E-state index contributed by atoms with van der Waals surface area (Å²) < 4.78 is 0. The molecule has 0 aromatic rings. The molecule has 1 saturated heterocycles. The number of nitrogens with zero attached hydrogens (tertiary/aromatic N) is 1. The Bertz CT molecular complexity index is 245. The molecule has 0 bridgehead atoms. The van der Waals surface area contributed by atoms with Crippen molar-refractivity contribution in [1.29, 1.82) is 0 Å². The molecule has 0 aliphatic carbocycles. The summed E-state index contributed by atoms with van der Waals surface area (Å²) in [6.45, 7) is 8.35. The first-order chi connectivity index (χ1) is 6.75. The van der Waals surface area contributed by atoms with E-state index in [4.69, 9.17) is 5.11 Å². The number of carboxylic acid groups (broad SMARTS) is 1. The third kappa shape index (κ3) is 2.43. The number of amides is 1. The SMILES string of the molecule is CC(O)C1CCN(C(=O)O)C1C(C)(C)C. The van der Waals surface area contributed by atoms with Crippen LogP contribution in [0.1, 0.15) is 34.1 Å². The highest BCUT2D eigenvalue weighted by Gasteiger charge is 2.45. The van der Waals surface area contributed by atoms with Crippen LogP contribution in [0.4, 0.5) is 4.79 Å². The van der Waals surface area contributed by atoms with Crippen LogP contribution in [0.25, 0.3) is 0 Å². The number of aliphatic hydroxyl groups is 1. The number of hydrogen-bond donors (Lipinski definition) is 2. The Hall–Kier alpha value is -0.770. The molecule has 3 unspecified atom stereocenters. The molecule has 0 spiro atoms. The van der Waals surface area contributed by atoms with E-state index in [-0.39, 0.29) is 17.4 Å². The van der Waals surface area contributed by atoms with Gasteiger partial charge in [0.15, 0.2) is 0 Å². The summed E-state index contributed by atoms with van der Waals surface area (Å²) in [6, 6.07) is -0.0880. The average Bonchev–Trinajstić information content (AvgIpc) is 2.45. The van der Waals surface area contributed by atoms with Gasteiger partial charge in [-0.05, 0) is 18.8 Å². The second-order valence-electron chi connectivity index (χ2n) is 5.48. The van der Waals surface area contributed by atoms with Gasteiger partial charge in [-0.3, -0.25) is 0 Å². The molecule has 0 saturated carbocycles. The Morgan fingerprint density at radius 3 is 2.33 bits per heavy atom. The van der Waals surface area contributed by atoms with Gasteiger partial charge in [0, 0.05) is 18.5 Å². The number of hydrogen-bond acceptors (Lipinski definition) is 2. The normalized spacial score (nSPS) is 29.3. The van der Waals surface area contributed by atoms with E-state index >= 15 is 0 Å². The number of rotatable bonds is 1. The zero-order chi connectivity index (χ0) is 11.8. The lowest BCUT2D eigenvalue weighted by Crippen LogP contribution is -2.47. The molecule has 1 rings (SSSR count). The molecule has 0 radical (unpaired) electrons. The van der Waals surface area contributed by atoms with Crippen molar-refractivity contribution in [2.75, 3.05) is 6.54 Å². The van der Waals surface area contributed by atoms with Crippen molar-refractivity contribution in [3.63, 3.8) is 0 Å². The Balaban J connectivity index is 2.93. The summed E-state index contributed by atoms with van der Waals surface area (Å²) in [5.74, 6) is 0.0566. The van der Waals surface area contributed by atoms with Gasteiger partial charge in [-0.2, -0.15) is 0 Å². The van der Waals surface area contributed by atoms with Gasteiger partial charge in [-0.15, -0.1) is 0 Å². The largest absolute Gasteiger partial charge is 0.465 e. The van der Waals surface area contributed by atoms with Gasteiger partial charge in [-0.25, -0.2) is 4.79 Å². The van der Waals surface area contributed by atoms with Crippen LogP contribution in [0.15, 0.2) is 0 Å². The summed E-state index contributed by atoms with van der Waals surface area (Å²) in [6.07, 6.45) is -0.567. The molecule has 3 atom stereocenters. The lowest BCUT2D eigenvalue weighted by Gasteiger charge is -2.38. The molecule has 15 heavy (non-hydrogen) atoms. The Morgan fingerprint density at radius 2 is 2.00 bits per heavy atom. The molecule has 1 heterocycles. The third-order valence-electron chi connectivity index (χ3n) is 3.20. The van der Waals surface area contributed by atoms with Gasteiger partial charge in [-0.1, -0.05) is 20.8 Å². The Labute approximate surface area is 90.9 Å². The topological polar surface area (TPSA) is 60.8 Å². The zero-order valence-electron chi connectivity index (χ0n) is 9.90. The third-order valence-corrected chi connectivity index (χ3v) is 3.20. The summed E-state index contributed by atoms with van der Waals surface area (Å²) in [5, 5.41) is 18.8. The van der Waals surface area contributed by atoms with Gasteiger partial charge in [0.25, 0.3) is 0 Å². The fraction of sp³-hybridized carbons (Fsp3) is 0.909. The molecule has 1 amide bonds. The molecule has 1 aliphatic heterocycles. The molecule has 88 valence electrons. The van der Waals surface area contributed by atoms with Crippen molar-refractivity contribution in [3.8, 4) is 0 Å². The summed E-state index contributed by atoms with van der Waals surface area (Å²) >= 11 is 0. The van der Waals surface area contributed by atoms with E-state index in [0.717, 1.165) is 6.42 Å². The maximum absolute atomic E-state index is 11.1. The van der Waals surface area contributed by atoms with Crippen molar-refractivity contribution >= 4 is 6.09 Å². The highest BCUT2D eigenvalue weighted by Crippen LogP contribution is 2.38. The molecule has 1 fully saturated rings. The van der Waals surface area contributed by atoms with E-state index in [0.29, 0.717) is 6.54 Å². The van der Waals surface area contributed by atoms with Crippen LogP contribution < -0.4 is 0 Å². The summed E-state index contributed by atoms with van der Waals surface area (Å²) in [7, 11) is 0. The van der Waals surface area contributed by atoms with Gasteiger partial charge in [0.2, 0.25) is 0 Å². The maximum atomic E-state index is 11.1. The van der Waals surface area contributed by atoms with E-state index in [1.165, 1.54) is 4.90 Å². The van der Waals surface area contributed by atoms with Gasteiger partial charge in [0.05, 0.1) is 6.10 Å². The first kappa shape index (κ1) is 12.3. The van der Waals surface area contributed by atoms with E-state index in [1.807, 2.05) is 20.8 Å². The van der Waals surface area contributed by atoms with E-state index in [9.17, 15) is 9.90 Å². The fourth-order valence-electron chi connectivity index (χ4n) is 2.65. The Morgan fingerprint density at radius 1 is 1.47 bits per heavy atom. The highest BCUT2D eigenvalue weighted by atomic mass is 16.4. The standard InChI is InChI=1S/C11H21NO3/c1-7(13)8-5-6-12(10(14)15)9(8)11(2,3)4/h7-9,13H,5-6H2,1-4H3,(H,14,15). The number of aliphatic hydroxyl groups excluding tert-OH is 1. The van der Waals surface area contributed by atoms with Crippen LogP contribution in [0.3, 0.4) is 0 Å². The van der Waals surface area contributed by atoms with Crippen LogP contribution in [-0.2, 0) is 0 Å². The van der Waals surface area contributed by atoms with E-state index in [1.54, 1.807) is 6.92 Å². The van der Waals surface area contributed by atoms with Gasteiger partial charge >= 0.3 is 6.09 Å². The van der Waals surface area contributed by atoms with Gasteiger partial charge in [0.1, 0.15) is 0 Å².